The SMILES string of the molecule is Cl.O=S1(=O)c2cccc3cccc(c23)N1Cc1ccccc1OCCCN1CCCCC1. The maximum atomic E-state index is 13.3. The third-order valence-electron chi connectivity index (χ3n) is 6.29. The van der Waals surface area contributed by atoms with E-state index in [1.54, 1.807) is 6.07 Å². The van der Waals surface area contributed by atoms with E-state index < -0.39 is 10.0 Å². The van der Waals surface area contributed by atoms with Crippen LogP contribution in [0.25, 0.3) is 10.8 Å². The van der Waals surface area contributed by atoms with Gasteiger partial charge in [0.15, 0.2) is 0 Å². The minimum absolute atomic E-state index is 0. The van der Waals surface area contributed by atoms with Crippen LogP contribution in [0.3, 0.4) is 0 Å². The zero-order chi connectivity index (χ0) is 21.3. The van der Waals surface area contributed by atoms with E-state index in [9.17, 15) is 8.42 Å². The predicted octanol–water partition coefficient (Wildman–Crippen LogP) is 5.23. The van der Waals surface area contributed by atoms with Crippen LogP contribution in [0.5, 0.6) is 5.75 Å². The van der Waals surface area contributed by atoms with Gasteiger partial charge in [0.1, 0.15) is 5.75 Å². The number of nitrogens with zero attached hydrogens (tertiary/aromatic N) is 2. The van der Waals surface area contributed by atoms with Crippen molar-refractivity contribution in [3.05, 3.63) is 66.2 Å². The highest BCUT2D eigenvalue weighted by Gasteiger charge is 2.35. The average Bonchev–Trinajstić information content (AvgIpc) is 3.02. The maximum Gasteiger partial charge on any atom is 0.265 e. The number of sulfonamides is 1. The Kier molecular flexibility index (Phi) is 6.93. The number of piperidine rings is 1. The number of ether oxygens (including phenoxy) is 1. The highest BCUT2D eigenvalue weighted by atomic mass is 35.5. The standard InChI is InChI=1S/C25H28N2O3S.ClH/c28-31(29)24-14-7-11-20-10-6-12-22(25(20)24)27(31)19-21-9-2-3-13-23(21)30-18-8-17-26-15-4-1-5-16-26;/h2-3,6-7,9-14H,1,4-5,8,15-19H2;1H. The molecule has 170 valence electrons. The number of benzene rings is 3. The maximum absolute atomic E-state index is 13.3. The van der Waals surface area contributed by atoms with Gasteiger partial charge < -0.3 is 9.64 Å². The first-order valence-electron chi connectivity index (χ1n) is 11.1. The van der Waals surface area contributed by atoms with Gasteiger partial charge in [-0.05, 0) is 55.9 Å². The molecule has 2 heterocycles. The zero-order valence-corrected chi connectivity index (χ0v) is 19.7. The van der Waals surface area contributed by atoms with E-state index in [2.05, 4.69) is 4.90 Å². The summed E-state index contributed by atoms with van der Waals surface area (Å²) in [6.07, 6.45) is 4.91. The van der Waals surface area contributed by atoms with E-state index in [1.165, 1.54) is 36.7 Å². The van der Waals surface area contributed by atoms with Crippen LogP contribution < -0.4 is 9.04 Å². The van der Waals surface area contributed by atoms with Crippen molar-refractivity contribution in [1.82, 2.24) is 4.90 Å². The summed E-state index contributed by atoms with van der Waals surface area (Å²) in [6, 6.07) is 19.0. The largest absolute Gasteiger partial charge is 0.493 e. The molecule has 1 fully saturated rings. The molecule has 0 spiro atoms. The molecular weight excluding hydrogens is 444 g/mol. The van der Waals surface area contributed by atoms with Crippen LogP contribution in [-0.4, -0.2) is 39.6 Å². The second-order valence-electron chi connectivity index (χ2n) is 8.36. The van der Waals surface area contributed by atoms with Crippen LogP contribution in [0.4, 0.5) is 5.69 Å². The Bertz CT molecular complexity index is 1190. The number of likely N-dealkylation sites (tertiary alicyclic amines) is 1. The molecule has 32 heavy (non-hydrogen) atoms. The van der Waals surface area contributed by atoms with Crippen molar-refractivity contribution >= 4 is 38.9 Å². The fraction of sp³-hybridized carbons (Fsp3) is 0.360. The summed E-state index contributed by atoms with van der Waals surface area (Å²) in [4.78, 5) is 2.90. The summed E-state index contributed by atoms with van der Waals surface area (Å²) in [5.74, 6) is 0.763. The molecule has 0 unspecified atom stereocenters. The molecule has 5 rings (SSSR count). The van der Waals surface area contributed by atoms with Gasteiger partial charge in [-0.1, -0.05) is 48.9 Å². The molecule has 3 aromatic carbocycles. The monoisotopic (exact) mass is 472 g/mol. The first-order chi connectivity index (χ1) is 15.1. The van der Waals surface area contributed by atoms with Crippen molar-refractivity contribution in [1.29, 1.82) is 0 Å². The Morgan fingerprint density at radius 2 is 1.62 bits per heavy atom. The van der Waals surface area contributed by atoms with E-state index in [4.69, 9.17) is 4.74 Å². The van der Waals surface area contributed by atoms with Crippen LogP contribution in [0.15, 0.2) is 65.6 Å². The molecule has 3 aromatic rings. The Morgan fingerprint density at radius 1 is 0.875 bits per heavy atom. The average molecular weight is 473 g/mol. The van der Waals surface area contributed by atoms with E-state index in [0.717, 1.165) is 40.7 Å². The third-order valence-corrected chi connectivity index (χ3v) is 8.09. The summed E-state index contributed by atoms with van der Waals surface area (Å²) in [6.45, 7) is 4.33. The van der Waals surface area contributed by atoms with Crippen LogP contribution in [0, 0.1) is 0 Å². The van der Waals surface area contributed by atoms with Gasteiger partial charge in [0.25, 0.3) is 10.0 Å². The van der Waals surface area contributed by atoms with Crippen LogP contribution in [0.1, 0.15) is 31.2 Å². The summed E-state index contributed by atoms with van der Waals surface area (Å²) in [5, 5.41) is 1.76. The van der Waals surface area contributed by atoms with Gasteiger partial charge in [0.2, 0.25) is 0 Å². The molecule has 0 bridgehead atoms. The lowest BCUT2D eigenvalue weighted by molar-refractivity contribution is 0.204. The summed E-state index contributed by atoms with van der Waals surface area (Å²) < 4.78 is 34.2. The minimum Gasteiger partial charge on any atom is -0.493 e. The van der Waals surface area contributed by atoms with Crippen LogP contribution in [-0.2, 0) is 16.6 Å². The molecule has 0 saturated carbocycles. The molecule has 0 amide bonds. The lowest BCUT2D eigenvalue weighted by Gasteiger charge is -2.26. The quantitative estimate of drug-likeness (QED) is 0.442. The van der Waals surface area contributed by atoms with Crippen molar-refractivity contribution in [2.24, 2.45) is 0 Å². The number of hydrogen-bond donors (Lipinski definition) is 0. The van der Waals surface area contributed by atoms with Crippen molar-refractivity contribution in [2.45, 2.75) is 37.1 Å². The smallest absolute Gasteiger partial charge is 0.265 e. The second-order valence-corrected chi connectivity index (χ2v) is 10.2. The van der Waals surface area contributed by atoms with Crippen molar-refractivity contribution in [3.63, 3.8) is 0 Å². The Morgan fingerprint density at radius 3 is 2.44 bits per heavy atom. The first kappa shape index (κ1) is 22.9. The summed E-state index contributed by atoms with van der Waals surface area (Å²) >= 11 is 0. The van der Waals surface area contributed by atoms with Crippen LogP contribution in [0.2, 0.25) is 0 Å². The number of rotatable bonds is 7. The van der Waals surface area contributed by atoms with Gasteiger partial charge in [-0.15, -0.1) is 12.4 Å². The molecule has 7 heteroatoms. The summed E-state index contributed by atoms with van der Waals surface area (Å²) in [7, 11) is -3.58. The van der Waals surface area contributed by atoms with Crippen molar-refractivity contribution < 1.29 is 13.2 Å². The number of hydrogen-bond acceptors (Lipinski definition) is 4. The fourth-order valence-electron chi connectivity index (χ4n) is 4.71. The lowest BCUT2D eigenvalue weighted by atomic mass is 10.1. The minimum atomic E-state index is -3.58. The van der Waals surface area contributed by atoms with E-state index in [0.29, 0.717) is 11.5 Å². The number of halogens is 1. The Balaban J connectivity index is 0.00000245. The van der Waals surface area contributed by atoms with Gasteiger partial charge in [0, 0.05) is 17.5 Å². The molecule has 2 aliphatic heterocycles. The summed E-state index contributed by atoms with van der Waals surface area (Å²) in [5.41, 5.74) is 1.63. The normalized spacial score (nSPS) is 17.3. The zero-order valence-electron chi connectivity index (χ0n) is 18.1. The first-order valence-corrected chi connectivity index (χ1v) is 12.6. The molecule has 0 N–H and O–H groups in total. The van der Waals surface area contributed by atoms with Gasteiger partial charge in [0.05, 0.1) is 23.7 Å². The molecule has 0 aliphatic carbocycles. The molecule has 0 aromatic heterocycles. The lowest BCUT2D eigenvalue weighted by Crippen LogP contribution is -2.31. The van der Waals surface area contributed by atoms with E-state index in [1.807, 2.05) is 54.6 Å². The Hall–Kier alpha value is -2.28. The van der Waals surface area contributed by atoms with E-state index >= 15 is 0 Å². The highest BCUT2D eigenvalue weighted by Crippen LogP contribution is 2.43. The Labute approximate surface area is 196 Å². The molecule has 5 nitrogen and oxygen atoms in total. The number of anilines is 1. The molecule has 1 saturated heterocycles. The topological polar surface area (TPSA) is 49.9 Å². The van der Waals surface area contributed by atoms with Gasteiger partial charge in [-0.2, -0.15) is 0 Å². The predicted molar refractivity (Wildman–Crippen MR) is 131 cm³/mol. The van der Waals surface area contributed by atoms with E-state index in [-0.39, 0.29) is 19.0 Å². The molecule has 0 atom stereocenters. The van der Waals surface area contributed by atoms with Gasteiger partial charge in [-0.3, -0.25) is 4.31 Å². The second kappa shape index (κ2) is 9.69. The highest BCUT2D eigenvalue weighted by molar-refractivity contribution is 7.93. The van der Waals surface area contributed by atoms with Crippen molar-refractivity contribution in [3.8, 4) is 5.75 Å². The van der Waals surface area contributed by atoms with Gasteiger partial charge >= 0.3 is 0 Å². The molecule has 0 radical (unpaired) electrons. The number of para-hydroxylation sites is 1. The third kappa shape index (κ3) is 4.32. The molecular formula is C25H29ClN2O3S. The van der Waals surface area contributed by atoms with Gasteiger partial charge in [-0.25, -0.2) is 8.42 Å². The molecule has 2 aliphatic rings. The van der Waals surface area contributed by atoms with Crippen LogP contribution >= 0.6 is 12.4 Å². The van der Waals surface area contributed by atoms with Crippen molar-refractivity contribution in [2.75, 3.05) is 30.5 Å². The fourth-order valence-corrected chi connectivity index (χ4v) is 6.40.